The first-order valence-electron chi connectivity index (χ1n) is 6.46. The molecule has 0 spiro atoms. The quantitative estimate of drug-likeness (QED) is 0.877. The molecule has 6 heteroatoms. The number of hydrogen-bond acceptors (Lipinski definition) is 3. The van der Waals surface area contributed by atoms with E-state index in [0.29, 0.717) is 10.0 Å². The summed E-state index contributed by atoms with van der Waals surface area (Å²) in [6, 6.07) is 4.60. The molecule has 1 fully saturated rings. The van der Waals surface area contributed by atoms with Crippen LogP contribution in [-0.4, -0.2) is 25.2 Å². The molecule has 0 heterocycles. The number of benzene rings is 1. The molecule has 0 bridgehead atoms. The number of amides is 1. The number of carbonyl (C=O) groups excluding carboxylic acids is 1. The molecule has 1 aromatic rings. The average molecular weight is 317 g/mol. The molecule has 4 nitrogen and oxygen atoms in total. The molecule has 1 amide bonds. The summed E-state index contributed by atoms with van der Waals surface area (Å²) in [5.41, 5.74) is 6.14. The maximum atomic E-state index is 12.2. The van der Waals surface area contributed by atoms with Crippen LogP contribution in [0.1, 0.15) is 25.3 Å². The van der Waals surface area contributed by atoms with E-state index in [9.17, 15) is 4.79 Å². The third kappa shape index (κ3) is 2.93. The summed E-state index contributed by atoms with van der Waals surface area (Å²) < 4.78 is 5.08. The summed E-state index contributed by atoms with van der Waals surface area (Å²) in [5, 5.41) is 4.09. The summed E-state index contributed by atoms with van der Waals surface area (Å²) in [6.07, 6.45) is 1.25. The molecule has 0 saturated heterocycles. The molecular weight excluding hydrogens is 299 g/mol. The Balaban J connectivity index is 2.19. The van der Waals surface area contributed by atoms with Crippen LogP contribution in [0.3, 0.4) is 0 Å². The molecule has 0 aromatic heterocycles. The van der Waals surface area contributed by atoms with Crippen LogP contribution in [-0.2, 0) is 15.1 Å². The zero-order valence-corrected chi connectivity index (χ0v) is 13.0. The molecule has 110 valence electrons. The minimum atomic E-state index is -0.723. The van der Waals surface area contributed by atoms with Crippen LogP contribution in [0.15, 0.2) is 18.2 Å². The van der Waals surface area contributed by atoms with Crippen LogP contribution in [0.2, 0.25) is 10.0 Å². The minimum absolute atomic E-state index is 0.257. The SMILES string of the molecule is CO[C@H](C)[C@H](N)C(=O)NC1(c2c(Cl)cccc2Cl)CC1. The fraction of sp³-hybridized carbons (Fsp3) is 0.500. The van der Waals surface area contributed by atoms with Crippen molar-refractivity contribution in [3.05, 3.63) is 33.8 Å². The van der Waals surface area contributed by atoms with Crippen molar-refractivity contribution < 1.29 is 9.53 Å². The first-order chi connectivity index (χ1) is 9.41. The summed E-state index contributed by atoms with van der Waals surface area (Å²) in [5.74, 6) is -0.257. The third-order valence-electron chi connectivity index (χ3n) is 3.73. The number of nitrogens with one attached hydrogen (secondary N) is 1. The number of carbonyl (C=O) groups is 1. The average Bonchev–Trinajstić information content (AvgIpc) is 3.17. The van der Waals surface area contributed by atoms with Gasteiger partial charge in [0.1, 0.15) is 6.04 Å². The number of ether oxygens (including phenoxy) is 1. The van der Waals surface area contributed by atoms with E-state index in [0.717, 1.165) is 18.4 Å². The first kappa shape index (κ1) is 15.6. The normalized spacial score (nSPS) is 19.2. The highest BCUT2D eigenvalue weighted by Gasteiger charge is 2.49. The van der Waals surface area contributed by atoms with E-state index in [-0.39, 0.29) is 12.0 Å². The van der Waals surface area contributed by atoms with E-state index >= 15 is 0 Å². The highest BCUT2D eigenvalue weighted by molar-refractivity contribution is 6.36. The maximum absolute atomic E-state index is 12.2. The highest BCUT2D eigenvalue weighted by atomic mass is 35.5. The van der Waals surface area contributed by atoms with Crippen LogP contribution < -0.4 is 11.1 Å². The van der Waals surface area contributed by atoms with Gasteiger partial charge in [-0.05, 0) is 31.9 Å². The second-order valence-corrected chi connectivity index (χ2v) is 5.95. The molecular formula is C14H18Cl2N2O2. The largest absolute Gasteiger partial charge is 0.380 e. The van der Waals surface area contributed by atoms with Crippen molar-refractivity contribution in [3.63, 3.8) is 0 Å². The Morgan fingerprint density at radius 2 is 1.95 bits per heavy atom. The van der Waals surface area contributed by atoms with Gasteiger partial charge in [0.25, 0.3) is 0 Å². The van der Waals surface area contributed by atoms with E-state index in [2.05, 4.69) is 5.32 Å². The van der Waals surface area contributed by atoms with Crippen molar-refractivity contribution in [2.24, 2.45) is 5.73 Å². The van der Waals surface area contributed by atoms with Gasteiger partial charge in [0.15, 0.2) is 0 Å². The van der Waals surface area contributed by atoms with Gasteiger partial charge in [-0.15, -0.1) is 0 Å². The standard InChI is InChI=1S/C14H18Cl2N2O2/c1-8(20-2)12(17)13(19)18-14(6-7-14)11-9(15)4-3-5-10(11)16/h3-5,8,12H,6-7,17H2,1-2H3,(H,18,19)/t8-,12+/m1/s1. The van der Waals surface area contributed by atoms with Crippen molar-refractivity contribution in [1.82, 2.24) is 5.32 Å². The summed E-state index contributed by atoms with van der Waals surface area (Å²) in [7, 11) is 1.52. The van der Waals surface area contributed by atoms with E-state index in [1.54, 1.807) is 25.1 Å². The van der Waals surface area contributed by atoms with Crippen LogP contribution in [0, 0.1) is 0 Å². The van der Waals surface area contributed by atoms with Crippen LogP contribution in [0.25, 0.3) is 0 Å². The van der Waals surface area contributed by atoms with Crippen molar-refractivity contribution in [2.75, 3.05) is 7.11 Å². The van der Waals surface area contributed by atoms with Gasteiger partial charge < -0.3 is 15.8 Å². The van der Waals surface area contributed by atoms with Gasteiger partial charge in [-0.3, -0.25) is 4.79 Å². The Hall–Kier alpha value is -0.810. The van der Waals surface area contributed by atoms with Crippen molar-refractivity contribution >= 4 is 29.1 Å². The van der Waals surface area contributed by atoms with Crippen molar-refractivity contribution in [1.29, 1.82) is 0 Å². The van der Waals surface area contributed by atoms with Crippen LogP contribution in [0.5, 0.6) is 0 Å². The molecule has 3 N–H and O–H groups in total. The number of methoxy groups -OCH3 is 1. The molecule has 0 aliphatic heterocycles. The summed E-state index contributed by atoms with van der Waals surface area (Å²) in [6.45, 7) is 1.76. The monoisotopic (exact) mass is 316 g/mol. The predicted octanol–water partition coefficient (Wildman–Crippen LogP) is 2.46. The zero-order chi connectivity index (χ0) is 14.9. The summed E-state index contributed by atoms with van der Waals surface area (Å²) >= 11 is 12.4. The molecule has 1 aromatic carbocycles. The van der Waals surface area contributed by atoms with Crippen molar-refractivity contribution in [3.8, 4) is 0 Å². The van der Waals surface area contributed by atoms with Crippen LogP contribution >= 0.6 is 23.2 Å². The van der Waals surface area contributed by atoms with Gasteiger partial charge in [-0.25, -0.2) is 0 Å². The predicted molar refractivity (Wildman–Crippen MR) is 80.0 cm³/mol. The molecule has 1 aliphatic carbocycles. The van der Waals surface area contributed by atoms with Gasteiger partial charge in [0, 0.05) is 22.7 Å². The Morgan fingerprint density at radius 1 is 1.40 bits per heavy atom. The molecule has 20 heavy (non-hydrogen) atoms. The molecule has 0 radical (unpaired) electrons. The molecule has 1 saturated carbocycles. The molecule has 1 aliphatic rings. The van der Waals surface area contributed by atoms with Gasteiger partial charge in [0.05, 0.1) is 11.6 Å². The Kier molecular flexibility index (Phi) is 4.59. The second kappa shape index (κ2) is 5.90. The Morgan fingerprint density at radius 3 is 2.40 bits per heavy atom. The molecule has 0 unspecified atom stereocenters. The van der Waals surface area contributed by atoms with Gasteiger partial charge in [-0.1, -0.05) is 29.3 Å². The van der Waals surface area contributed by atoms with E-state index < -0.39 is 11.6 Å². The number of nitrogens with two attached hydrogens (primary N) is 1. The van der Waals surface area contributed by atoms with Gasteiger partial charge >= 0.3 is 0 Å². The lowest BCUT2D eigenvalue weighted by Gasteiger charge is -2.24. The van der Waals surface area contributed by atoms with Crippen LogP contribution in [0.4, 0.5) is 0 Å². The van der Waals surface area contributed by atoms with E-state index in [4.69, 9.17) is 33.7 Å². The Labute approximate surface area is 128 Å². The fourth-order valence-corrected chi connectivity index (χ4v) is 2.96. The first-order valence-corrected chi connectivity index (χ1v) is 7.22. The minimum Gasteiger partial charge on any atom is -0.380 e. The smallest absolute Gasteiger partial charge is 0.240 e. The fourth-order valence-electron chi connectivity index (χ4n) is 2.20. The van der Waals surface area contributed by atoms with E-state index in [1.165, 1.54) is 7.11 Å². The number of rotatable bonds is 5. The zero-order valence-electron chi connectivity index (χ0n) is 11.5. The summed E-state index contributed by atoms with van der Waals surface area (Å²) in [4.78, 5) is 12.2. The van der Waals surface area contributed by atoms with Crippen molar-refractivity contribution in [2.45, 2.75) is 37.5 Å². The third-order valence-corrected chi connectivity index (χ3v) is 4.36. The topological polar surface area (TPSA) is 64.3 Å². The van der Waals surface area contributed by atoms with Gasteiger partial charge in [-0.2, -0.15) is 0 Å². The molecule has 2 rings (SSSR count). The number of hydrogen-bond donors (Lipinski definition) is 2. The molecule has 2 atom stereocenters. The lowest BCUT2D eigenvalue weighted by Crippen LogP contribution is -2.51. The lowest BCUT2D eigenvalue weighted by molar-refractivity contribution is -0.126. The number of halogens is 2. The maximum Gasteiger partial charge on any atom is 0.240 e. The Bertz CT molecular complexity index is 498. The lowest BCUT2D eigenvalue weighted by atomic mass is 10.0. The van der Waals surface area contributed by atoms with E-state index in [1.807, 2.05) is 0 Å². The second-order valence-electron chi connectivity index (χ2n) is 5.13. The highest BCUT2D eigenvalue weighted by Crippen LogP contribution is 2.50. The van der Waals surface area contributed by atoms with Gasteiger partial charge in [0.2, 0.25) is 5.91 Å².